The Hall–Kier alpha value is -1.26. The lowest BCUT2D eigenvalue weighted by Gasteiger charge is -2.28. The first-order chi connectivity index (χ1) is 10.3. The van der Waals surface area contributed by atoms with Crippen molar-refractivity contribution in [3.8, 4) is 0 Å². The van der Waals surface area contributed by atoms with Gasteiger partial charge in [-0.3, -0.25) is 0 Å². The number of likely N-dealkylation sites (N-methyl/N-ethyl adjacent to an activating group) is 1. The summed E-state index contributed by atoms with van der Waals surface area (Å²) in [7, 11) is 1.72. The largest absolute Gasteiger partial charge is 0.391 e. The molecule has 0 spiro atoms. The number of halogens is 1. The first-order valence-electron chi connectivity index (χ1n) is 7.72. The quantitative estimate of drug-likeness (QED) is 0.845. The van der Waals surface area contributed by atoms with Crippen LogP contribution in [0.1, 0.15) is 32.3 Å². The van der Waals surface area contributed by atoms with Crippen LogP contribution in [0.25, 0.3) is 0 Å². The zero-order valence-electron chi connectivity index (χ0n) is 13.5. The van der Waals surface area contributed by atoms with Gasteiger partial charge in [0, 0.05) is 30.6 Å². The Kier molecular flexibility index (Phi) is 5.35. The number of hydrogen-bond donors (Lipinski definition) is 2. The zero-order chi connectivity index (χ0) is 16.3. The smallest absolute Gasteiger partial charge is 0.317 e. The van der Waals surface area contributed by atoms with E-state index in [1.807, 2.05) is 24.3 Å². The van der Waals surface area contributed by atoms with Crippen LogP contribution in [0.15, 0.2) is 24.3 Å². The highest BCUT2D eigenvalue weighted by molar-refractivity contribution is 6.30. The van der Waals surface area contributed by atoms with Gasteiger partial charge in [-0.05, 0) is 36.5 Å². The van der Waals surface area contributed by atoms with Gasteiger partial charge in [-0.15, -0.1) is 0 Å². The van der Waals surface area contributed by atoms with E-state index in [2.05, 4.69) is 19.2 Å². The highest BCUT2D eigenvalue weighted by atomic mass is 35.5. The summed E-state index contributed by atoms with van der Waals surface area (Å²) in [4.78, 5) is 13.7. The normalized spacial score (nSPS) is 16.2. The number of urea groups is 1. The molecule has 122 valence electrons. The fourth-order valence-electron chi connectivity index (χ4n) is 2.43. The van der Waals surface area contributed by atoms with Crippen molar-refractivity contribution >= 4 is 17.6 Å². The molecule has 1 fully saturated rings. The SMILES string of the molecule is CN(CC(O)C1CC1)C(=O)NCC(C)(C)c1ccc(Cl)cc1. The molecule has 5 heteroatoms. The van der Waals surface area contributed by atoms with Crippen LogP contribution >= 0.6 is 11.6 Å². The van der Waals surface area contributed by atoms with E-state index in [9.17, 15) is 9.90 Å². The number of aliphatic hydroxyl groups is 1. The van der Waals surface area contributed by atoms with Crippen molar-refractivity contribution in [2.24, 2.45) is 5.92 Å². The van der Waals surface area contributed by atoms with E-state index in [4.69, 9.17) is 11.6 Å². The minimum Gasteiger partial charge on any atom is -0.391 e. The number of amides is 2. The lowest BCUT2D eigenvalue weighted by atomic mass is 9.85. The molecule has 4 nitrogen and oxygen atoms in total. The van der Waals surface area contributed by atoms with Crippen LogP contribution in [0, 0.1) is 5.92 Å². The van der Waals surface area contributed by atoms with Gasteiger partial charge < -0.3 is 15.3 Å². The van der Waals surface area contributed by atoms with Crippen LogP contribution in [-0.4, -0.2) is 42.3 Å². The second kappa shape index (κ2) is 6.88. The standard InChI is InChI=1S/C17H25ClN2O2/c1-17(2,13-6-8-14(18)9-7-13)11-19-16(22)20(3)10-15(21)12-4-5-12/h6-9,12,15,21H,4-5,10-11H2,1-3H3,(H,19,22). The second-order valence-electron chi connectivity index (χ2n) is 6.83. The van der Waals surface area contributed by atoms with Crippen molar-refractivity contribution in [2.45, 2.75) is 38.2 Å². The minimum absolute atomic E-state index is 0.151. The van der Waals surface area contributed by atoms with Gasteiger partial charge in [0.05, 0.1) is 6.10 Å². The summed E-state index contributed by atoms with van der Waals surface area (Å²) >= 11 is 5.91. The number of hydrogen-bond acceptors (Lipinski definition) is 2. The third-order valence-electron chi connectivity index (χ3n) is 4.28. The van der Waals surface area contributed by atoms with Gasteiger partial charge in [-0.25, -0.2) is 4.79 Å². The third-order valence-corrected chi connectivity index (χ3v) is 4.53. The Bertz CT molecular complexity index is 512. The maximum absolute atomic E-state index is 12.1. The highest BCUT2D eigenvalue weighted by Crippen LogP contribution is 2.32. The van der Waals surface area contributed by atoms with Crippen LogP contribution in [-0.2, 0) is 5.41 Å². The summed E-state index contributed by atoms with van der Waals surface area (Å²) in [5.41, 5.74) is 0.939. The molecular weight excluding hydrogens is 300 g/mol. The molecule has 0 aromatic heterocycles. The summed E-state index contributed by atoms with van der Waals surface area (Å²) in [6.07, 6.45) is 1.74. The topological polar surface area (TPSA) is 52.6 Å². The molecule has 1 atom stereocenters. The molecule has 1 aromatic rings. The summed E-state index contributed by atoms with van der Waals surface area (Å²) in [5, 5.41) is 13.6. The number of aliphatic hydroxyl groups excluding tert-OH is 1. The van der Waals surface area contributed by atoms with Crippen molar-refractivity contribution < 1.29 is 9.90 Å². The first-order valence-corrected chi connectivity index (χ1v) is 8.10. The summed E-state index contributed by atoms with van der Waals surface area (Å²) < 4.78 is 0. The maximum atomic E-state index is 12.1. The molecule has 0 heterocycles. The third kappa shape index (κ3) is 4.62. The highest BCUT2D eigenvalue weighted by Gasteiger charge is 2.31. The number of benzene rings is 1. The molecular formula is C17H25ClN2O2. The average Bonchev–Trinajstić information content (AvgIpc) is 3.29. The minimum atomic E-state index is -0.403. The van der Waals surface area contributed by atoms with E-state index in [0.717, 1.165) is 18.4 Å². The molecule has 22 heavy (non-hydrogen) atoms. The van der Waals surface area contributed by atoms with Gasteiger partial charge in [-0.2, -0.15) is 0 Å². The molecule has 1 unspecified atom stereocenters. The monoisotopic (exact) mass is 324 g/mol. The van der Waals surface area contributed by atoms with E-state index >= 15 is 0 Å². The van der Waals surface area contributed by atoms with E-state index in [1.165, 1.54) is 0 Å². The van der Waals surface area contributed by atoms with Crippen molar-refractivity contribution in [1.82, 2.24) is 10.2 Å². The average molecular weight is 325 g/mol. The number of nitrogens with zero attached hydrogens (tertiary/aromatic N) is 1. The zero-order valence-corrected chi connectivity index (χ0v) is 14.2. The molecule has 1 aromatic carbocycles. The fourth-order valence-corrected chi connectivity index (χ4v) is 2.55. The summed E-state index contributed by atoms with van der Waals surface area (Å²) in [6, 6.07) is 7.53. The lowest BCUT2D eigenvalue weighted by Crippen LogP contribution is -2.45. The Balaban J connectivity index is 1.84. The Morgan fingerprint density at radius 3 is 2.55 bits per heavy atom. The van der Waals surface area contributed by atoms with Crippen molar-refractivity contribution in [1.29, 1.82) is 0 Å². The van der Waals surface area contributed by atoms with Gasteiger partial charge in [-0.1, -0.05) is 37.6 Å². The molecule has 0 saturated heterocycles. The molecule has 1 saturated carbocycles. The summed E-state index contributed by atoms with van der Waals surface area (Å²) in [6.45, 7) is 5.07. The van der Waals surface area contributed by atoms with Crippen LogP contribution in [0.3, 0.4) is 0 Å². The molecule has 1 aliphatic carbocycles. The van der Waals surface area contributed by atoms with Crippen LogP contribution in [0.2, 0.25) is 5.02 Å². The van der Waals surface area contributed by atoms with E-state index < -0.39 is 6.10 Å². The number of carbonyl (C=O) groups excluding carboxylic acids is 1. The Labute approximate surface area is 137 Å². The van der Waals surface area contributed by atoms with E-state index in [1.54, 1.807) is 11.9 Å². The molecule has 2 rings (SSSR count). The van der Waals surface area contributed by atoms with Crippen LogP contribution < -0.4 is 5.32 Å². The molecule has 2 N–H and O–H groups in total. The molecule has 0 radical (unpaired) electrons. The first kappa shape index (κ1) is 17.1. The van der Waals surface area contributed by atoms with Gasteiger partial charge in [0.1, 0.15) is 0 Å². The van der Waals surface area contributed by atoms with Gasteiger partial charge in [0.2, 0.25) is 0 Å². The van der Waals surface area contributed by atoms with E-state index in [0.29, 0.717) is 24.0 Å². The second-order valence-corrected chi connectivity index (χ2v) is 7.27. The maximum Gasteiger partial charge on any atom is 0.317 e. The lowest BCUT2D eigenvalue weighted by molar-refractivity contribution is 0.113. The Morgan fingerprint density at radius 1 is 1.41 bits per heavy atom. The number of nitrogens with one attached hydrogen (secondary N) is 1. The number of rotatable bonds is 6. The van der Waals surface area contributed by atoms with Crippen molar-refractivity contribution in [3.63, 3.8) is 0 Å². The fraction of sp³-hybridized carbons (Fsp3) is 0.588. The van der Waals surface area contributed by atoms with Crippen molar-refractivity contribution in [3.05, 3.63) is 34.9 Å². The van der Waals surface area contributed by atoms with Gasteiger partial charge in [0.15, 0.2) is 0 Å². The molecule has 0 aliphatic heterocycles. The molecule has 0 bridgehead atoms. The van der Waals surface area contributed by atoms with Gasteiger partial charge in [0.25, 0.3) is 0 Å². The summed E-state index contributed by atoms with van der Waals surface area (Å²) in [5.74, 6) is 0.376. The Morgan fingerprint density at radius 2 is 2.00 bits per heavy atom. The number of carbonyl (C=O) groups is 1. The van der Waals surface area contributed by atoms with Crippen LogP contribution in [0.4, 0.5) is 4.79 Å². The molecule has 2 amide bonds. The molecule has 1 aliphatic rings. The van der Waals surface area contributed by atoms with Crippen LogP contribution in [0.5, 0.6) is 0 Å². The van der Waals surface area contributed by atoms with Gasteiger partial charge >= 0.3 is 6.03 Å². The van der Waals surface area contributed by atoms with E-state index in [-0.39, 0.29) is 11.4 Å². The van der Waals surface area contributed by atoms with Crippen molar-refractivity contribution in [2.75, 3.05) is 20.1 Å². The predicted molar refractivity (Wildman–Crippen MR) is 89.2 cm³/mol. The predicted octanol–water partition coefficient (Wildman–Crippen LogP) is 3.03.